The number of hydrogen-bond donors (Lipinski definition) is 2. The topological polar surface area (TPSA) is 57.5 Å². The van der Waals surface area contributed by atoms with Gasteiger partial charge in [-0.3, -0.25) is 5.43 Å². The molecule has 0 aliphatic carbocycles. The molecule has 4 nitrogen and oxygen atoms in total. The quantitative estimate of drug-likeness (QED) is 0.428. The molecule has 0 saturated heterocycles. The summed E-state index contributed by atoms with van der Waals surface area (Å²) in [5.41, 5.74) is 4.54. The Hall–Kier alpha value is -2.92. The molecular weight excluding hydrogens is 306 g/mol. The SMILES string of the molecule is Oc1cc2ccccc2cc1/C=N/Nc1nc2ccccc2s1. The first-order valence-corrected chi connectivity index (χ1v) is 7.98. The van der Waals surface area contributed by atoms with Crippen LogP contribution in [0.1, 0.15) is 5.56 Å². The van der Waals surface area contributed by atoms with E-state index in [9.17, 15) is 5.11 Å². The average Bonchev–Trinajstić information content (AvgIpc) is 2.98. The standard InChI is InChI=1S/C18H13N3OS/c22-16-10-13-6-2-1-5-12(13)9-14(16)11-19-21-18-20-15-7-3-4-8-17(15)23-18/h1-11,22H,(H,20,21)/b19-11+. The Bertz CT molecular complexity index is 990. The molecule has 0 spiro atoms. The van der Waals surface area contributed by atoms with Gasteiger partial charge in [0.15, 0.2) is 0 Å². The Morgan fingerprint density at radius 1 is 1.00 bits per heavy atom. The van der Waals surface area contributed by atoms with Crippen LogP contribution in [0.4, 0.5) is 5.13 Å². The van der Waals surface area contributed by atoms with E-state index in [1.165, 1.54) is 0 Å². The number of nitrogens with zero attached hydrogens (tertiary/aromatic N) is 2. The van der Waals surface area contributed by atoms with E-state index in [0.29, 0.717) is 5.56 Å². The van der Waals surface area contributed by atoms with Crippen LogP contribution in [-0.4, -0.2) is 16.3 Å². The predicted molar refractivity (Wildman–Crippen MR) is 96.4 cm³/mol. The predicted octanol–water partition coefficient (Wildman–Crippen LogP) is 4.60. The number of rotatable bonds is 3. The van der Waals surface area contributed by atoms with E-state index >= 15 is 0 Å². The van der Waals surface area contributed by atoms with Gasteiger partial charge in [-0.25, -0.2) is 4.98 Å². The van der Waals surface area contributed by atoms with Gasteiger partial charge in [0.05, 0.1) is 16.4 Å². The maximum atomic E-state index is 10.1. The van der Waals surface area contributed by atoms with Crippen LogP contribution in [0.2, 0.25) is 0 Å². The summed E-state index contributed by atoms with van der Waals surface area (Å²) in [5, 5.41) is 17.1. The molecule has 0 amide bonds. The number of nitrogens with one attached hydrogen (secondary N) is 1. The molecule has 4 rings (SSSR count). The van der Waals surface area contributed by atoms with Crippen LogP contribution in [0, 0.1) is 0 Å². The van der Waals surface area contributed by atoms with Crippen LogP contribution in [0.15, 0.2) is 65.8 Å². The van der Waals surface area contributed by atoms with Crippen molar-refractivity contribution >= 4 is 43.7 Å². The third kappa shape index (κ3) is 2.74. The molecule has 0 aliphatic heterocycles. The maximum Gasteiger partial charge on any atom is 0.204 e. The first-order chi connectivity index (χ1) is 11.3. The lowest BCUT2D eigenvalue weighted by molar-refractivity contribution is 0.475. The fourth-order valence-electron chi connectivity index (χ4n) is 2.43. The molecule has 23 heavy (non-hydrogen) atoms. The lowest BCUT2D eigenvalue weighted by Gasteiger charge is -2.02. The second-order valence-electron chi connectivity index (χ2n) is 5.11. The Balaban J connectivity index is 1.59. The lowest BCUT2D eigenvalue weighted by Crippen LogP contribution is -1.90. The molecule has 1 heterocycles. The number of hydrazone groups is 1. The Kier molecular flexibility index (Phi) is 3.40. The molecule has 0 radical (unpaired) electrons. The summed E-state index contributed by atoms with van der Waals surface area (Å²) in [6.45, 7) is 0. The summed E-state index contributed by atoms with van der Waals surface area (Å²) in [7, 11) is 0. The molecule has 0 aliphatic rings. The van der Waals surface area contributed by atoms with Gasteiger partial charge in [0.2, 0.25) is 5.13 Å². The van der Waals surface area contributed by atoms with Crippen LogP contribution in [0.3, 0.4) is 0 Å². The van der Waals surface area contributed by atoms with Crippen molar-refractivity contribution < 1.29 is 5.11 Å². The number of fused-ring (bicyclic) bond motifs is 2. The van der Waals surface area contributed by atoms with Crippen molar-refractivity contribution in [2.75, 3.05) is 5.43 Å². The first kappa shape index (κ1) is 13.7. The van der Waals surface area contributed by atoms with Gasteiger partial charge in [-0.1, -0.05) is 47.7 Å². The third-order valence-corrected chi connectivity index (χ3v) is 4.49. The van der Waals surface area contributed by atoms with Crippen LogP contribution in [0.25, 0.3) is 21.0 Å². The zero-order valence-electron chi connectivity index (χ0n) is 12.1. The van der Waals surface area contributed by atoms with E-state index < -0.39 is 0 Å². The molecule has 0 saturated carbocycles. The zero-order valence-corrected chi connectivity index (χ0v) is 12.9. The molecule has 4 aromatic rings. The Labute approximate surface area is 136 Å². The highest BCUT2D eigenvalue weighted by atomic mass is 32.1. The van der Waals surface area contributed by atoms with E-state index in [1.54, 1.807) is 23.6 Å². The molecule has 0 unspecified atom stereocenters. The van der Waals surface area contributed by atoms with E-state index in [4.69, 9.17) is 0 Å². The van der Waals surface area contributed by atoms with Gasteiger partial charge >= 0.3 is 0 Å². The number of thiazole rings is 1. The number of hydrogen-bond acceptors (Lipinski definition) is 5. The Morgan fingerprint density at radius 2 is 1.74 bits per heavy atom. The zero-order chi connectivity index (χ0) is 15.6. The summed E-state index contributed by atoms with van der Waals surface area (Å²) < 4.78 is 1.11. The minimum atomic E-state index is 0.207. The van der Waals surface area contributed by atoms with Crippen molar-refractivity contribution in [3.8, 4) is 5.75 Å². The van der Waals surface area contributed by atoms with Crippen LogP contribution < -0.4 is 5.43 Å². The summed E-state index contributed by atoms with van der Waals surface area (Å²) >= 11 is 1.54. The van der Waals surface area contributed by atoms with Gasteiger partial charge in [0.25, 0.3) is 0 Å². The van der Waals surface area contributed by atoms with Crippen molar-refractivity contribution in [3.05, 3.63) is 66.2 Å². The summed E-state index contributed by atoms with van der Waals surface area (Å²) in [5.74, 6) is 0.207. The maximum absolute atomic E-state index is 10.1. The Morgan fingerprint density at radius 3 is 2.57 bits per heavy atom. The van der Waals surface area contributed by atoms with E-state index in [1.807, 2.05) is 54.6 Å². The van der Waals surface area contributed by atoms with Crippen molar-refractivity contribution in [1.29, 1.82) is 0 Å². The van der Waals surface area contributed by atoms with Crippen LogP contribution in [-0.2, 0) is 0 Å². The second-order valence-corrected chi connectivity index (χ2v) is 6.15. The molecule has 2 N–H and O–H groups in total. The molecule has 0 fully saturated rings. The molecule has 0 bridgehead atoms. The molecule has 5 heteroatoms. The largest absolute Gasteiger partial charge is 0.507 e. The molecule has 112 valence electrons. The van der Waals surface area contributed by atoms with Crippen LogP contribution in [0.5, 0.6) is 5.75 Å². The van der Waals surface area contributed by atoms with Crippen molar-refractivity contribution in [2.45, 2.75) is 0 Å². The highest BCUT2D eigenvalue weighted by Gasteiger charge is 2.03. The highest BCUT2D eigenvalue weighted by Crippen LogP contribution is 2.26. The fraction of sp³-hybridized carbons (Fsp3) is 0. The number of aromatic nitrogens is 1. The number of aromatic hydroxyl groups is 1. The molecule has 3 aromatic carbocycles. The smallest absolute Gasteiger partial charge is 0.204 e. The minimum Gasteiger partial charge on any atom is -0.507 e. The minimum absolute atomic E-state index is 0.207. The van der Waals surface area contributed by atoms with Gasteiger partial charge in [-0.2, -0.15) is 5.10 Å². The number of phenolic OH excluding ortho intramolecular Hbond substituents is 1. The monoisotopic (exact) mass is 319 g/mol. The summed E-state index contributed by atoms with van der Waals surface area (Å²) in [4.78, 5) is 4.45. The molecular formula is C18H13N3OS. The first-order valence-electron chi connectivity index (χ1n) is 7.16. The number of benzene rings is 3. The highest BCUT2D eigenvalue weighted by molar-refractivity contribution is 7.22. The van der Waals surface area contributed by atoms with Crippen LogP contribution >= 0.6 is 11.3 Å². The van der Waals surface area contributed by atoms with E-state index in [-0.39, 0.29) is 5.75 Å². The fourth-order valence-corrected chi connectivity index (χ4v) is 3.24. The van der Waals surface area contributed by atoms with Crippen molar-refractivity contribution in [3.63, 3.8) is 0 Å². The normalized spacial score (nSPS) is 11.5. The molecule has 1 aromatic heterocycles. The van der Waals surface area contributed by atoms with Crippen molar-refractivity contribution in [2.24, 2.45) is 5.10 Å². The van der Waals surface area contributed by atoms with Gasteiger partial charge in [-0.05, 0) is 35.0 Å². The molecule has 0 atom stereocenters. The average molecular weight is 319 g/mol. The third-order valence-electron chi connectivity index (χ3n) is 3.55. The van der Waals surface area contributed by atoms with Gasteiger partial charge < -0.3 is 5.11 Å². The van der Waals surface area contributed by atoms with E-state index in [0.717, 1.165) is 26.1 Å². The lowest BCUT2D eigenvalue weighted by atomic mass is 10.1. The van der Waals surface area contributed by atoms with E-state index in [2.05, 4.69) is 15.5 Å². The number of para-hydroxylation sites is 1. The van der Waals surface area contributed by atoms with Gasteiger partial charge in [0.1, 0.15) is 5.75 Å². The number of anilines is 1. The summed E-state index contributed by atoms with van der Waals surface area (Å²) in [6.07, 6.45) is 1.60. The number of phenols is 1. The summed E-state index contributed by atoms with van der Waals surface area (Å²) in [6, 6.07) is 19.5. The second kappa shape index (κ2) is 5.70. The van der Waals surface area contributed by atoms with Gasteiger partial charge in [-0.15, -0.1) is 0 Å². The van der Waals surface area contributed by atoms with Gasteiger partial charge in [0, 0.05) is 5.56 Å². The van der Waals surface area contributed by atoms with Crippen molar-refractivity contribution in [1.82, 2.24) is 4.98 Å².